The highest BCUT2D eigenvalue weighted by Crippen LogP contribution is 2.84. The maximum atomic E-state index is 9.37. The van der Waals surface area contributed by atoms with Gasteiger partial charge in [0.05, 0.1) is 16.6 Å². The van der Waals surface area contributed by atoms with Crippen LogP contribution >= 0.6 is 11.6 Å². The smallest absolute Gasteiger partial charge is 0.0742 e. The SMILES string of the molecule is ON=C1C2C3CC4C2C(NO)C2(Cl)C1C3C42. The zero-order valence-electron chi connectivity index (χ0n) is 8.55. The normalized spacial score (nSPS) is 74.2. The summed E-state index contributed by atoms with van der Waals surface area (Å²) in [6, 6.07) is 0.00779. The average Bonchev–Trinajstić information content (AvgIpc) is 2.81. The Hall–Kier alpha value is -0.320. The Balaban J connectivity index is 1.80. The van der Waals surface area contributed by atoms with Crippen LogP contribution in [0.25, 0.3) is 0 Å². The molecule has 5 aliphatic carbocycles. The molecule has 4 nitrogen and oxygen atoms in total. The van der Waals surface area contributed by atoms with Crippen LogP contribution < -0.4 is 5.48 Å². The number of nitrogens with zero attached hydrogens (tertiary/aromatic N) is 1. The van der Waals surface area contributed by atoms with Crippen molar-refractivity contribution in [2.45, 2.75) is 17.3 Å². The lowest BCUT2D eigenvalue weighted by Gasteiger charge is -2.54. The number of oxime groups is 1. The minimum atomic E-state index is -0.363. The molecule has 0 spiro atoms. The lowest BCUT2D eigenvalue weighted by atomic mass is 9.57. The number of hydrogen-bond acceptors (Lipinski definition) is 4. The van der Waals surface area contributed by atoms with Gasteiger partial charge in [0.1, 0.15) is 0 Å². The molecule has 0 amide bonds. The third kappa shape index (κ3) is 0.510. The molecule has 5 fully saturated rings. The second kappa shape index (κ2) is 2.16. The lowest BCUT2D eigenvalue weighted by Crippen LogP contribution is -2.65. The molecule has 0 saturated heterocycles. The van der Waals surface area contributed by atoms with Gasteiger partial charge in [0, 0.05) is 11.8 Å². The molecule has 16 heavy (non-hydrogen) atoms. The highest BCUT2D eigenvalue weighted by atomic mass is 35.5. The fourth-order valence-corrected chi connectivity index (χ4v) is 7.24. The van der Waals surface area contributed by atoms with Gasteiger partial charge in [-0.1, -0.05) is 5.16 Å². The summed E-state index contributed by atoms with van der Waals surface area (Å²) < 4.78 is 0. The Labute approximate surface area is 97.6 Å². The van der Waals surface area contributed by atoms with E-state index in [1.807, 2.05) is 0 Å². The molecule has 0 aromatic heterocycles. The first kappa shape index (κ1) is 8.72. The van der Waals surface area contributed by atoms with Gasteiger partial charge in [-0.25, -0.2) is 5.48 Å². The van der Waals surface area contributed by atoms with Gasteiger partial charge in [0.15, 0.2) is 0 Å². The van der Waals surface area contributed by atoms with Gasteiger partial charge in [0.2, 0.25) is 0 Å². The van der Waals surface area contributed by atoms with Gasteiger partial charge >= 0.3 is 0 Å². The highest BCUT2D eigenvalue weighted by Gasteiger charge is 2.89. The van der Waals surface area contributed by atoms with E-state index in [2.05, 4.69) is 10.6 Å². The van der Waals surface area contributed by atoms with E-state index < -0.39 is 0 Å². The molecule has 3 N–H and O–H groups in total. The van der Waals surface area contributed by atoms with Crippen LogP contribution in [0.3, 0.4) is 0 Å². The Morgan fingerprint density at radius 1 is 1.38 bits per heavy atom. The standard InChI is InChI=1S/C11H13ClN2O2/c12-11-7-3-1-2-4(5(3)10(11)14-16)9(13-15)8(11)6(2)7/h2-8,10,14-16H,1H2. The van der Waals surface area contributed by atoms with Gasteiger partial charge < -0.3 is 10.4 Å². The summed E-state index contributed by atoms with van der Waals surface area (Å²) >= 11 is 6.77. The van der Waals surface area contributed by atoms with E-state index in [1.165, 1.54) is 6.42 Å². The monoisotopic (exact) mass is 240 g/mol. The molecule has 0 radical (unpaired) electrons. The first-order valence-electron chi connectivity index (χ1n) is 6.05. The molecule has 5 rings (SSSR count). The van der Waals surface area contributed by atoms with Crippen LogP contribution in [0.4, 0.5) is 0 Å². The van der Waals surface area contributed by atoms with Gasteiger partial charge in [-0.2, -0.15) is 0 Å². The van der Waals surface area contributed by atoms with Crippen molar-refractivity contribution >= 4 is 17.3 Å². The number of fused-ring (bicyclic) bond motifs is 2. The van der Waals surface area contributed by atoms with Crippen molar-refractivity contribution in [3.63, 3.8) is 0 Å². The lowest BCUT2D eigenvalue weighted by molar-refractivity contribution is 0.0282. The maximum Gasteiger partial charge on any atom is 0.0742 e. The molecule has 0 aliphatic heterocycles. The molecule has 86 valence electrons. The van der Waals surface area contributed by atoms with E-state index in [4.69, 9.17) is 11.6 Å². The fraction of sp³-hybridized carbons (Fsp3) is 0.909. The number of alkyl halides is 1. The summed E-state index contributed by atoms with van der Waals surface area (Å²) in [5, 5.41) is 22.1. The first-order valence-corrected chi connectivity index (χ1v) is 6.43. The molecule has 5 saturated carbocycles. The van der Waals surface area contributed by atoms with Crippen molar-refractivity contribution in [1.82, 2.24) is 5.48 Å². The number of hydrogen-bond donors (Lipinski definition) is 3. The highest BCUT2D eigenvalue weighted by molar-refractivity contribution is 6.29. The molecule has 5 aliphatic rings. The van der Waals surface area contributed by atoms with Gasteiger partial charge in [0.25, 0.3) is 0 Å². The van der Waals surface area contributed by atoms with E-state index in [0.29, 0.717) is 35.5 Å². The minimum Gasteiger partial charge on any atom is -0.411 e. The quantitative estimate of drug-likeness (QED) is 0.363. The van der Waals surface area contributed by atoms with E-state index in [0.717, 1.165) is 5.71 Å². The first-order chi connectivity index (χ1) is 7.75. The summed E-state index contributed by atoms with van der Waals surface area (Å²) in [5.74, 6) is 3.53. The molecule has 2 bridgehead atoms. The van der Waals surface area contributed by atoms with Crippen LogP contribution in [0, 0.1) is 41.4 Å². The van der Waals surface area contributed by atoms with Gasteiger partial charge in [-0.05, 0) is 36.0 Å². The second-order valence-electron chi connectivity index (χ2n) is 6.21. The molecular weight excluding hydrogens is 228 g/mol. The Morgan fingerprint density at radius 3 is 2.88 bits per heavy atom. The largest absolute Gasteiger partial charge is 0.411 e. The van der Waals surface area contributed by atoms with Crippen LogP contribution in [0.15, 0.2) is 5.16 Å². The Kier molecular flexibility index (Phi) is 1.18. The van der Waals surface area contributed by atoms with Crippen LogP contribution in [-0.2, 0) is 0 Å². The molecule has 5 heteroatoms. The molecule has 0 aromatic rings. The van der Waals surface area contributed by atoms with Crippen molar-refractivity contribution in [2.24, 2.45) is 46.6 Å². The van der Waals surface area contributed by atoms with Gasteiger partial charge in [-0.3, -0.25) is 0 Å². The Morgan fingerprint density at radius 2 is 2.19 bits per heavy atom. The maximum absolute atomic E-state index is 9.37. The van der Waals surface area contributed by atoms with Crippen molar-refractivity contribution in [3.05, 3.63) is 0 Å². The minimum absolute atomic E-state index is 0.00779. The van der Waals surface area contributed by atoms with Crippen molar-refractivity contribution in [2.75, 3.05) is 0 Å². The molecule has 0 aromatic carbocycles. The zero-order valence-corrected chi connectivity index (χ0v) is 9.30. The summed E-state index contributed by atoms with van der Waals surface area (Å²) in [4.78, 5) is -0.363. The number of rotatable bonds is 1. The van der Waals surface area contributed by atoms with Crippen LogP contribution in [0.2, 0.25) is 0 Å². The van der Waals surface area contributed by atoms with E-state index >= 15 is 0 Å². The number of nitrogens with one attached hydrogen (secondary N) is 1. The van der Waals surface area contributed by atoms with Crippen molar-refractivity contribution < 1.29 is 10.4 Å². The van der Waals surface area contributed by atoms with Crippen LogP contribution in [0.1, 0.15) is 6.42 Å². The zero-order chi connectivity index (χ0) is 10.8. The number of hydroxylamine groups is 1. The molecular formula is C11H13ClN2O2. The molecule has 9 unspecified atom stereocenters. The van der Waals surface area contributed by atoms with E-state index in [9.17, 15) is 10.4 Å². The topological polar surface area (TPSA) is 64.9 Å². The Bertz CT molecular complexity index is 442. The van der Waals surface area contributed by atoms with Gasteiger partial charge in [-0.15, -0.1) is 11.6 Å². The van der Waals surface area contributed by atoms with E-state index in [1.54, 1.807) is 0 Å². The third-order valence-corrected chi connectivity index (χ3v) is 7.16. The average molecular weight is 241 g/mol. The third-order valence-electron chi connectivity index (χ3n) is 6.43. The second-order valence-corrected chi connectivity index (χ2v) is 6.86. The molecule has 9 atom stereocenters. The fourth-order valence-electron chi connectivity index (χ4n) is 6.48. The van der Waals surface area contributed by atoms with Crippen LogP contribution in [0.5, 0.6) is 0 Å². The predicted octanol–water partition coefficient (Wildman–Crippen LogP) is 0.913. The van der Waals surface area contributed by atoms with Crippen LogP contribution in [-0.4, -0.2) is 27.0 Å². The van der Waals surface area contributed by atoms with Crippen molar-refractivity contribution in [1.29, 1.82) is 0 Å². The summed E-state index contributed by atoms with van der Waals surface area (Å²) in [6.45, 7) is 0. The summed E-state index contributed by atoms with van der Waals surface area (Å²) in [5.41, 5.74) is 3.40. The predicted molar refractivity (Wildman–Crippen MR) is 55.6 cm³/mol. The summed E-state index contributed by atoms with van der Waals surface area (Å²) in [7, 11) is 0. The van der Waals surface area contributed by atoms with E-state index in [-0.39, 0.29) is 16.8 Å². The molecule has 0 heterocycles. The number of halogens is 1. The summed E-state index contributed by atoms with van der Waals surface area (Å²) in [6.07, 6.45) is 1.23. The van der Waals surface area contributed by atoms with Crippen molar-refractivity contribution in [3.8, 4) is 0 Å².